The monoisotopic (exact) mass is 531 g/mol. The Hall–Kier alpha value is -3.30. The van der Waals surface area contributed by atoms with Crippen LogP contribution in [0.4, 0.5) is 5.69 Å². The highest BCUT2D eigenvalue weighted by Gasteiger charge is 2.34. The maximum Gasteiger partial charge on any atom is 0.308 e. The van der Waals surface area contributed by atoms with Crippen LogP contribution >= 0.6 is 11.6 Å². The molecule has 0 spiro atoms. The molecule has 3 rings (SSSR count). The molecule has 1 amide bonds. The minimum Gasteiger partial charge on any atom is -0.493 e. The zero-order chi connectivity index (χ0) is 27.2. The van der Waals surface area contributed by atoms with E-state index in [-0.39, 0.29) is 36.6 Å². The van der Waals surface area contributed by atoms with E-state index in [2.05, 4.69) is 10.9 Å². The molecule has 2 aromatic rings. The molecule has 0 unspecified atom stereocenters. The third-order valence-electron chi connectivity index (χ3n) is 5.51. The molecule has 0 radical (unpaired) electrons. The predicted octanol–water partition coefficient (Wildman–Crippen LogP) is 4.89. The molecule has 0 aromatic heterocycles. The van der Waals surface area contributed by atoms with Crippen LogP contribution in [0.25, 0.3) is 0 Å². The van der Waals surface area contributed by atoms with Gasteiger partial charge < -0.3 is 18.9 Å². The summed E-state index contributed by atoms with van der Waals surface area (Å²) in [5.74, 6) is 0.557. The van der Waals surface area contributed by atoms with Crippen molar-refractivity contribution in [2.45, 2.75) is 52.7 Å². The fraction of sp³-hybridized carbons (Fsp3) is 0.444. The number of esters is 1. The van der Waals surface area contributed by atoms with Gasteiger partial charge in [-0.25, -0.2) is 4.99 Å². The lowest BCUT2D eigenvalue weighted by atomic mass is 9.92. The number of rotatable bonds is 7. The van der Waals surface area contributed by atoms with Gasteiger partial charge in [0, 0.05) is 22.6 Å². The first-order valence-corrected chi connectivity index (χ1v) is 12.4. The van der Waals surface area contributed by atoms with E-state index in [1.54, 1.807) is 45.4 Å². The summed E-state index contributed by atoms with van der Waals surface area (Å²) in [5.41, 5.74) is 7.23. The Morgan fingerprint density at radius 1 is 1.11 bits per heavy atom. The maximum atomic E-state index is 12.6. The van der Waals surface area contributed by atoms with Gasteiger partial charge in [-0.1, -0.05) is 44.5 Å². The minimum atomic E-state index is -0.888. The number of carbonyl (C=O) groups excluding carboxylic acids is 2. The van der Waals surface area contributed by atoms with Gasteiger partial charge in [0.1, 0.15) is 12.2 Å². The molecule has 2 atom stereocenters. The number of hydrogen-bond acceptors (Lipinski definition) is 8. The molecule has 0 aliphatic carbocycles. The summed E-state index contributed by atoms with van der Waals surface area (Å²) in [6, 6.07) is 10.7. The van der Waals surface area contributed by atoms with Crippen molar-refractivity contribution >= 4 is 35.0 Å². The van der Waals surface area contributed by atoms with E-state index in [4.69, 9.17) is 35.5 Å². The molecular weight excluding hydrogens is 498 g/mol. The standard InChI is InChI=1S/C27H34ClN3O6/c1-7-36-23(33)14-21-26(31-30-22(32)15-27(2,3)4)29-19-12-11-16(28)13-18(19)24(37-21)17-9-8-10-20(34-5)25(17)35-6/h8-13,21,24H,7,14-15H2,1-6H3,(H,29,31)(H,30,32)/t21-,24-/m0/s1. The highest BCUT2D eigenvalue weighted by atomic mass is 35.5. The van der Waals surface area contributed by atoms with Crippen molar-refractivity contribution in [3.63, 3.8) is 0 Å². The SMILES string of the molecule is CCOC(=O)C[C@@H]1O[C@@H](c2cccc(OC)c2OC)c2cc(Cl)ccc2N=C1NNC(=O)CC(C)(C)C. The van der Waals surface area contributed by atoms with Crippen molar-refractivity contribution in [2.24, 2.45) is 10.4 Å². The first-order chi connectivity index (χ1) is 17.6. The molecule has 10 heteroatoms. The molecule has 0 saturated heterocycles. The van der Waals surface area contributed by atoms with E-state index in [1.165, 1.54) is 0 Å². The van der Waals surface area contributed by atoms with Crippen molar-refractivity contribution in [1.82, 2.24) is 10.9 Å². The Labute approximate surface area is 222 Å². The molecule has 9 nitrogen and oxygen atoms in total. The number of amides is 1. The zero-order valence-corrected chi connectivity index (χ0v) is 22.8. The first-order valence-electron chi connectivity index (χ1n) is 12.0. The lowest BCUT2D eigenvalue weighted by Crippen LogP contribution is -2.48. The summed E-state index contributed by atoms with van der Waals surface area (Å²) in [7, 11) is 3.09. The van der Waals surface area contributed by atoms with Crippen LogP contribution in [0.5, 0.6) is 11.5 Å². The summed E-state index contributed by atoms with van der Waals surface area (Å²) in [4.78, 5) is 29.8. The fourth-order valence-electron chi connectivity index (χ4n) is 3.98. The van der Waals surface area contributed by atoms with Gasteiger partial charge in [-0.2, -0.15) is 0 Å². The number of benzene rings is 2. The lowest BCUT2D eigenvalue weighted by molar-refractivity contribution is -0.145. The van der Waals surface area contributed by atoms with Gasteiger partial charge in [0.25, 0.3) is 0 Å². The van der Waals surface area contributed by atoms with Gasteiger partial charge in [-0.05, 0) is 36.6 Å². The smallest absolute Gasteiger partial charge is 0.308 e. The highest BCUT2D eigenvalue weighted by Crippen LogP contribution is 2.44. The van der Waals surface area contributed by atoms with E-state index in [1.807, 2.05) is 32.9 Å². The molecule has 0 saturated carbocycles. The van der Waals surface area contributed by atoms with Crippen LogP contribution in [0, 0.1) is 5.41 Å². The van der Waals surface area contributed by atoms with Gasteiger partial charge in [0.15, 0.2) is 17.3 Å². The average Bonchev–Trinajstić information content (AvgIpc) is 2.97. The van der Waals surface area contributed by atoms with Crippen LogP contribution in [0.15, 0.2) is 41.4 Å². The summed E-state index contributed by atoms with van der Waals surface area (Å²) in [6.07, 6.45) is -1.47. The average molecular weight is 532 g/mol. The molecule has 1 aliphatic rings. The number of ether oxygens (including phenoxy) is 4. The van der Waals surface area contributed by atoms with E-state index >= 15 is 0 Å². The first kappa shape index (κ1) is 28.3. The van der Waals surface area contributed by atoms with Crippen molar-refractivity contribution in [2.75, 3.05) is 20.8 Å². The van der Waals surface area contributed by atoms with Crippen LogP contribution in [0.2, 0.25) is 5.02 Å². The lowest BCUT2D eigenvalue weighted by Gasteiger charge is -2.26. The number of nitrogens with zero attached hydrogens (tertiary/aromatic N) is 1. The molecule has 0 bridgehead atoms. The number of halogens is 1. The highest BCUT2D eigenvalue weighted by molar-refractivity contribution is 6.30. The van der Waals surface area contributed by atoms with Crippen molar-refractivity contribution in [3.05, 3.63) is 52.5 Å². The van der Waals surface area contributed by atoms with Gasteiger partial charge in [0.05, 0.1) is 32.9 Å². The quantitative estimate of drug-likeness (QED) is 0.387. The van der Waals surface area contributed by atoms with Crippen molar-refractivity contribution in [3.8, 4) is 11.5 Å². The van der Waals surface area contributed by atoms with Crippen LogP contribution in [-0.4, -0.2) is 44.6 Å². The van der Waals surface area contributed by atoms with Crippen LogP contribution in [-0.2, 0) is 19.1 Å². The number of nitrogens with one attached hydrogen (secondary N) is 2. The van der Waals surface area contributed by atoms with Crippen LogP contribution < -0.4 is 20.3 Å². The molecular formula is C27H34ClN3O6. The third kappa shape index (κ3) is 7.36. The normalized spacial score (nSPS) is 17.1. The minimum absolute atomic E-state index is 0.140. The molecule has 200 valence electrons. The van der Waals surface area contributed by atoms with Gasteiger partial charge in [-0.15, -0.1) is 0 Å². The summed E-state index contributed by atoms with van der Waals surface area (Å²) in [5, 5.41) is 0.487. The molecule has 1 aliphatic heterocycles. The zero-order valence-electron chi connectivity index (χ0n) is 22.0. The molecule has 2 aromatic carbocycles. The number of carbonyl (C=O) groups is 2. The van der Waals surface area contributed by atoms with E-state index in [0.717, 1.165) is 0 Å². The number of amidine groups is 1. The summed E-state index contributed by atoms with van der Waals surface area (Å²) < 4.78 is 22.9. The second-order valence-corrected chi connectivity index (χ2v) is 10.1. The van der Waals surface area contributed by atoms with Crippen LogP contribution in [0.3, 0.4) is 0 Å². The number of hydrazine groups is 1. The second-order valence-electron chi connectivity index (χ2n) is 9.71. The molecule has 37 heavy (non-hydrogen) atoms. The Kier molecular flexibility index (Phi) is 9.39. The van der Waals surface area contributed by atoms with Gasteiger partial charge >= 0.3 is 5.97 Å². The Balaban J connectivity index is 2.08. The third-order valence-corrected chi connectivity index (χ3v) is 5.75. The number of methoxy groups -OCH3 is 2. The van der Waals surface area contributed by atoms with Gasteiger partial charge in [0.2, 0.25) is 5.91 Å². The summed E-state index contributed by atoms with van der Waals surface area (Å²) in [6.45, 7) is 7.85. The second kappa shape index (κ2) is 12.3. The Bertz CT molecular complexity index is 1160. The predicted molar refractivity (Wildman–Crippen MR) is 141 cm³/mol. The van der Waals surface area contributed by atoms with Crippen LogP contribution in [0.1, 0.15) is 57.8 Å². The summed E-state index contributed by atoms with van der Waals surface area (Å²) >= 11 is 6.37. The Morgan fingerprint density at radius 2 is 1.86 bits per heavy atom. The fourth-order valence-corrected chi connectivity index (χ4v) is 4.16. The molecule has 1 heterocycles. The Morgan fingerprint density at radius 3 is 2.51 bits per heavy atom. The maximum absolute atomic E-state index is 12.6. The number of aliphatic imine (C=N–C) groups is 1. The van der Waals surface area contributed by atoms with Crippen molar-refractivity contribution < 1.29 is 28.5 Å². The van der Waals surface area contributed by atoms with E-state index in [0.29, 0.717) is 33.3 Å². The van der Waals surface area contributed by atoms with E-state index < -0.39 is 18.2 Å². The van der Waals surface area contributed by atoms with E-state index in [9.17, 15) is 9.59 Å². The molecule has 2 N–H and O–H groups in total. The number of hydrogen-bond donors (Lipinski definition) is 2. The van der Waals surface area contributed by atoms with Gasteiger partial charge in [-0.3, -0.25) is 20.4 Å². The number of fused-ring (bicyclic) bond motifs is 1. The topological polar surface area (TPSA) is 107 Å². The largest absolute Gasteiger partial charge is 0.493 e. The molecule has 0 fully saturated rings. The van der Waals surface area contributed by atoms with Crippen molar-refractivity contribution in [1.29, 1.82) is 0 Å². The number of para-hydroxylation sites is 1.